The number of hydrogen-bond acceptors (Lipinski definition) is 5. The van der Waals surface area contributed by atoms with E-state index >= 15 is 0 Å². The van der Waals surface area contributed by atoms with Crippen LogP contribution < -0.4 is 0 Å². The van der Waals surface area contributed by atoms with Crippen LogP contribution in [-0.2, 0) is 9.47 Å². The smallest absolute Gasteiger partial charge is 0.406 e. The van der Waals surface area contributed by atoms with E-state index in [-0.39, 0.29) is 5.56 Å². The van der Waals surface area contributed by atoms with Gasteiger partial charge in [-0.15, -0.1) is 0 Å². The largest absolute Gasteiger partial charge is 0.422 e. The molecule has 0 N–H and O–H groups in total. The van der Waals surface area contributed by atoms with Crippen molar-refractivity contribution in [3.05, 3.63) is 30.1 Å². The number of carbonyl (C=O) groups is 2. The summed E-state index contributed by atoms with van der Waals surface area (Å²) in [4.78, 5) is 25.4. The Labute approximate surface area is 91.0 Å². The summed E-state index contributed by atoms with van der Waals surface area (Å²) in [6.45, 7) is 1.38. The third-order valence-electron chi connectivity index (χ3n) is 1.43. The summed E-state index contributed by atoms with van der Waals surface area (Å²) in [6, 6.07) is 3.12. The summed E-state index contributed by atoms with van der Waals surface area (Å²) in [5.74, 6) is -0.631. The molecule has 0 aromatic carbocycles. The first-order valence-electron chi connectivity index (χ1n) is 4.06. The molecule has 0 radical (unpaired) electrons. The fraction of sp³-hybridized carbons (Fsp3) is 0.222. The van der Waals surface area contributed by atoms with E-state index in [1.165, 1.54) is 25.4 Å². The highest BCUT2D eigenvalue weighted by molar-refractivity contribution is 6.61. The lowest BCUT2D eigenvalue weighted by Crippen LogP contribution is -2.19. The highest BCUT2D eigenvalue weighted by Crippen LogP contribution is 2.04. The first kappa shape index (κ1) is 11.5. The molecule has 0 saturated carbocycles. The van der Waals surface area contributed by atoms with Crippen molar-refractivity contribution in [3.63, 3.8) is 0 Å². The van der Waals surface area contributed by atoms with Crippen LogP contribution in [0, 0.1) is 0 Å². The summed E-state index contributed by atoms with van der Waals surface area (Å²) >= 11 is 4.94. The standard InChI is InChI=1S/C9H8ClNO4/c1-6(15-9(10)13)14-8(12)7-3-2-4-11-5-7/h2-6H,1H3. The highest BCUT2D eigenvalue weighted by atomic mass is 35.5. The molecule has 15 heavy (non-hydrogen) atoms. The van der Waals surface area contributed by atoms with Gasteiger partial charge in [-0.05, 0) is 12.1 Å². The van der Waals surface area contributed by atoms with Crippen molar-refractivity contribution in [1.29, 1.82) is 0 Å². The lowest BCUT2D eigenvalue weighted by Gasteiger charge is -2.11. The molecule has 1 heterocycles. The fourth-order valence-electron chi connectivity index (χ4n) is 0.857. The molecular formula is C9H8ClNO4. The molecule has 5 nitrogen and oxygen atoms in total. The summed E-state index contributed by atoms with van der Waals surface area (Å²) in [7, 11) is 0. The number of rotatable bonds is 3. The molecule has 0 fully saturated rings. The van der Waals surface area contributed by atoms with Crippen molar-refractivity contribution in [1.82, 2.24) is 4.98 Å². The summed E-state index contributed by atoms with van der Waals surface area (Å²) in [5, 5.41) is 0. The third kappa shape index (κ3) is 3.95. The lowest BCUT2D eigenvalue weighted by atomic mass is 10.3. The third-order valence-corrected chi connectivity index (χ3v) is 1.52. The van der Waals surface area contributed by atoms with Crippen molar-refractivity contribution >= 4 is 23.0 Å². The second kappa shape index (κ2) is 5.31. The number of halogens is 1. The van der Waals surface area contributed by atoms with E-state index < -0.39 is 17.7 Å². The van der Waals surface area contributed by atoms with Gasteiger partial charge in [-0.3, -0.25) is 4.98 Å². The Morgan fingerprint density at radius 1 is 1.47 bits per heavy atom. The van der Waals surface area contributed by atoms with Crippen molar-refractivity contribution in [2.45, 2.75) is 13.2 Å². The Morgan fingerprint density at radius 2 is 2.20 bits per heavy atom. The van der Waals surface area contributed by atoms with Crippen LogP contribution in [0.2, 0.25) is 0 Å². The number of hydrogen-bond donors (Lipinski definition) is 0. The van der Waals surface area contributed by atoms with Gasteiger partial charge in [-0.25, -0.2) is 9.59 Å². The minimum absolute atomic E-state index is 0.273. The van der Waals surface area contributed by atoms with E-state index in [1.807, 2.05) is 0 Å². The second-order valence-electron chi connectivity index (χ2n) is 2.57. The summed E-state index contributed by atoms with van der Waals surface area (Å²) in [6.07, 6.45) is 1.85. The summed E-state index contributed by atoms with van der Waals surface area (Å²) in [5.41, 5.74) is -0.753. The number of esters is 1. The van der Waals surface area contributed by atoms with Crippen molar-refractivity contribution < 1.29 is 19.1 Å². The van der Waals surface area contributed by atoms with Gasteiger partial charge >= 0.3 is 11.4 Å². The highest BCUT2D eigenvalue weighted by Gasteiger charge is 2.14. The minimum Gasteiger partial charge on any atom is -0.422 e. The average molecular weight is 230 g/mol. The molecule has 0 aliphatic rings. The zero-order valence-electron chi connectivity index (χ0n) is 7.84. The maximum absolute atomic E-state index is 11.3. The van der Waals surface area contributed by atoms with Crippen LogP contribution in [0.4, 0.5) is 4.79 Å². The number of pyridine rings is 1. The van der Waals surface area contributed by atoms with Crippen LogP contribution in [0.25, 0.3) is 0 Å². The summed E-state index contributed by atoms with van der Waals surface area (Å²) < 4.78 is 9.15. The molecule has 1 unspecified atom stereocenters. The number of ether oxygens (including phenoxy) is 2. The zero-order valence-corrected chi connectivity index (χ0v) is 8.60. The molecule has 0 bridgehead atoms. The molecule has 0 saturated heterocycles. The van der Waals surface area contributed by atoms with Crippen LogP contribution in [0.3, 0.4) is 0 Å². The molecule has 1 aromatic heterocycles. The van der Waals surface area contributed by atoms with Crippen molar-refractivity contribution in [2.24, 2.45) is 0 Å². The molecular weight excluding hydrogens is 222 g/mol. The Hall–Kier alpha value is -1.62. The zero-order chi connectivity index (χ0) is 11.3. The molecule has 1 aromatic rings. The van der Waals surface area contributed by atoms with Gasteiger partial charge in [0.2, 0.25) is 6.29 Å². The van der Waals surface area contributed by atoms with E-state index in [0.717, 1.165) is 0 Å². The quantitative estimate of drug-likeness (QED) is 0.450. The number of nitrogens with zero attached hydrogens (tertiary/aromatic N) is 1. The molecule has 6 heteroatoms. The molecule has 1 rings (SSSR count). The SMILES string of the molecule is CC(OC(=O)Cl)OC(=O)c1cccnc1. The van der Waals surface area contributed by atoms with E-state index in [1.54, 1.807) is 6.07 Å². The van der Waals surface area contributed by atoms with Gasteiger partial charge < -0.3 is 9.47 Å². The normalized spacial score (nSPS) is 11.6. The van der Waals surface area contributed by atoms with Crippen LogP contribution in [0.1, 0.15) is 17.3 Å². The van der Waals surface area contributed by atoms with Crippen molar-refractivity contribution in [3.8, 4) is 0 Å². The van der Waals surface area contributed by atoms with Gasteiger partial charge in [0, 0.05) is 30.9 Å². The van der Waals surface area contributed by atoms with E-state index in [9.17, 15) is 9.59 Å². The van der Waals surface area contributed by atoms with Gasteiger partial charge in [-0.2, -0.15) is 0 Å². The lowest BCUT2D eigenvalue weighted by molar-refractivity contribution is -0.0531. The number of aromatic nitrogens is 1. The molecule has 0 amide bonds. The Balaban J connectivity index is 2.53. The predicted molar refractivity (Wildman–Crippen MR) is 51.4 cm³/mol. The Morgan fingerprint density at radius 3 is 2.73 bits per heavy atom. The molecule has 1 atom stereocenters. The first-order chi connectivity index (χ1) is 7.09. The Bertz CT molecular complexity index is 354. The van der Waals surface area contributed by atoms with Crippen LogP contribution in [0.15, 0.2) is 24.5 Å². The average Bonchev–Trinajstić information content (AvgIpc) is 2.17. The number of carbonyl (C=O) groups excluding carboxylic acids is 2. The van der Waals surface area contributed by atoms with Gasteiger partial charge in [0.05, 0.1) is 5.56 Å². The predicted octanol–water partition coefficient (Wildman–Crippen LogP) is 1.96. The molecule has 0 aliphatic heterocycles. The van der Waals surface area contributed by atoms with E-state index in [4.69, 9.17) is 16.3 Å². The minimum atomic E-state index is -1.03. The van der Waals surface area contributed by atoms with Gasteiger partial charge in [-0.1, -0.05) is 0 Å². The molecule has 0 aliphatic carbocycles. The monoisotopic (exact) mass is 229 g/mol. The van der Waals surface area contributed by atoms with E-state index in [0.29, 0.717) is 0 Å². The van der Waals surface area contributed by atoms with Crippen LogP contribution >= 0.6 is 11.6 Å². The maximum atomic E-state index is 11.3. The first-order valence-corrected chi connectivity index (χ1v) is 4.44. The van der Waals surface area contributed by atoms with Gasteiger partial charge in [0.25, 0.3) is 0 Å². The molecule has 0 spiro atoms. The van der Waals surface area contributed by atoms with Crippen LogP contribution in [-0.4, -0.2) is 22.7 Å². The van der Waals surface area contributed by atoms with E-state index in [2.05, 4.69) is 9.72 Å². The van der Waals surface area contributed by atoms with Gasteiger partial charge in [0.1, 0.15) is 0 Å². The fourth-order valence-corrected chi connectivity index (χ4v) is 0.982. The second-order valence-corrected chi connectivity index (χ2v) is 2.88. The maximum Gasteiger partial charge on any atom is 0.406 e. The van der Waals surface area contributed by atoms with Crippen molar-refractivity contribution in [2.75, 3.05) is 0 Å². The topological polar surface area (TPSA) is 65.5 Å². The van der Waals surface area contributed by atoms with Crippen LogP contribution in [0.5, 0.6) is 0 Å². The molecule has 80 valence electrons. The van der Waals surface area contributed by atoms with Gasteiger partial charge in [0.15, 0.2) is 0 Å². The Kier molecular flexibility index (Phi) is 4.05.